The Morgan fingerprint density at radius 2 is 2.00 bits per heavy atom. The Balaban J connectivity index is -0.000000125. The third-order valence-corrected chi connectivity index (χ3v) is 4.30. The van der Waals surface area contributed by atoms with Crippen molar-refractivity contribution in [3.63, 3.8) is 0 Å². The first-order valence-electron chi connectivity index (χ1n) is 1.16. The maximum atomic E-state index is 5.15. The fourth-order valence-electron chi connectivity index (χ4n) is 0.0512. The summed E-state index contributed by atoms with van der Waals surface area (Å²) in [5, 5.41) is 0. The third kappa shape index (κ3) is 16.9. The molecule has 0 saturated carbocycles. The molecule has 8 heteroatoms. The fourth-order valence-corrected chi connectivity index (χ4v) is 2.59. The first-order valence-corrected chi connectivity index (χ1v) is 6.33. The van der Waals surface area contributed by atoms with Crippen LogP contribution in [-0.2, 0) is 0 Å². The molecule has 0 saturated heterocycles. The molecular formula is H4K2N2P4. The van der Waals surface area contributed by atoms with Gasteiger partial charge in [-0.1, -0.05) is 8.42 Å². The van der Waals surface area contributed by atoms with Crippen LogP contribution < -0.4 is 108 Å². The van der Waals surface area contributed by atoms with E-state index in [4.69, 9.17) is 5.50 Å². The molecule has 0 aromatic carbocycles. The number of hydrogen-bond acceptors (Lipinski definition) is 2. The van der Waals surface area contributed by atoms with E-state index in [2.05, 4.69) is 13.5 Å². The summed E-state index contributed by atoms with van der Waals surface area (Å²) < 4.78 is 3.53. The van der Waals surface area contributed by atoms with Crippen LogP contribution in [0.25, 0.3) is 0 Å². The molecule has 2 N–H and O–H groups in total. The summed E-state index contributed by atoms with van der Waals surface area (Å²) in [5.41, 5.74) is 5.15. The molecule has 2 nitrogen and oxygen atoms in total. The van der Waals surface area contributed by atoms with Gasteiger partial charge in [-0.25, -0.2) is 7.96 Å². The molecule has 0 rings (SSSR count). The van der Waals surface area contributed by atoms with Gasteiger partial charge < -0.3 is 27.5 Å². The summed E-state index contributed by atoms with van der Waals surface area (Å²) in [4.78, 5) is 0. The number of rotatable bonds is 3. The van der Waals surface area contributed by atoms with E-state index in [1.54, 1.807) is 0 Å². The average molecular weight is 234 g/mol. The number of nitrogens with two attached hydrogens (primary N) is 1. The van der Waals surface area contributed by atoms with Gasteiger partial charge in [0, 0.05) is 0 Å². The SMILES string of the molecule is NPP[P-]N=[P-].[K+].[K+]. The summed E-state index contributed by atoms with van der Waals surface area (Å²) in [7, 11) is 5.93. The quantitative estimate of drug-likeness (QED) is 0.307. The Kier molecular flexibility index (Phi) is 40.6. The zero-order valence-corrected chi connectivity index (χ0v) is 15.0. The second-order valence-corrected chi connectivity index (χ2v) is 6.02. The van der Waals surface area contributed by atoms with Crippen LogP contribution in [0.1, 0.15) is 0 Å². The fraction of sp³-hybridized carbons (Fsp3) is 0. The van der Waals surface area contributed by atoms with E-state index >= 15 is 0 Å². The molecular weight excluding hydrogens is 230 g/mol. The third-order valence-electron chi connectivity index (χ3n) is 0.159. The summed E-state index contributed by atoms with van der Waals surface area (Å²) in [6.07, 6.45) is 0. The van der Waals surface area contributed by atoms with Gasteiger partial charge in [-0.2, -0.15) is 0 Å². The van der Waals surface area contributed by atoms with Crippen molar-refractivity contribution < 1.29 is 103 Å². The van der Waals surface area contributed by atoms with Gasteiger partial charge in [0.25, 0.3) is 0 Å². The largest absolute Gasteiger partial charge is 1.00 e. The van der Waals surface area contributed by atoms with Gasteiger partial charge >= 0.3 is 103 Å². The minimum absolute atomic E-state index is 0. The smallest absolute Gasteiger partial charge is 0.679 e. The van der Waals surface area contributed by atoms with E-state index in [1.165, 1.54) is 0 Å². The molecule has 0 aromatic heterocycles. The molecule has 36 valence electrons. The minimum atomic E-state index is 0. The second kappa shape index (κ2) is 17.6. The summed E-state index contributed by atoms with van der Waals surface area (Å²) in [6, 6.07) is 0. The van der Waals surface area contributed by atoms with Crippen molar-refractivity contribution in [3.05, 3.63) is 0 Å². The van der Waals surface area contributed by atoms with Crippen molar-refractivity contribution in [2.24, 2.45) is 10.0 Å². The molecule has 2 unspecified atom stereocenters. The number of hydrogen-bond donors (Lipinski definition) is 1. The van der Waals surface area contributed by atoms with Crippen molar-refractivity contribution >= 4 is 33.8 Å². The summed E-state index contributed by atoms with van der Waals surface area (Å²) in [5.74, 6) is 0. The molecule has 0 heterocycles. The van der Waals surface area contributed by atoms with Gasteiger partial charge in [-0.15, -0.1) is 0 Å². The second-order valence-electron chi connectivity index (χ2n) is 0.446. The van der Waals surface area contributed by atoms with Crippen LogP contribution in [0.4, 0.5) is 0 Å². The van der Waals surface area contributed by atoms with Crippen LogP contribution in [-0.4, -0.2) is 0 Å². The van der Waals surface area contributed by atoms with Crippen molar-refractivity contribution in [2.75, 3.05) is 0 Å². The molecule has 8 heavy (non-hydrogen) atoms. The molecule has 0 spiro atoms. The first kappa shape index (κ1) is 18.4. The van der Waals surface area contributed by atoms with Gasteiger partial charge in [-0.3, -0.25) is 0 Å². The van der Waals surface area contributed by atoms with Crippen LogP contribution in [0.5, 0.6) is 0 Å². The van der Waals surface area contributed by atoms with Gasteiger partial charge in [0.05, 0.1) is 0 Å². The number of nitrogens with zero attached hydrogens (tertiary/aromatic N) is 1. The van der Waals surface area contributed by atoms with Crippen molar-refractivity contribution in [3.8, 4) is 0 Å². The Hall–Kier alpha value is 4.62. The van der Waals surface area contributed by atoms with Crippen LogP contribution in [0.3, 0.4) is 0 Å². The normalized spacial score (nSPS) is 10.6. The maximum Gasteiger partial charge on any atom is 1.00 e. The molecule has 0 bridgehead atoms. The van der Waals surface area contributed by atoms with E-state index in [0.717, 1.165) is 16.4 Å². The van der Waals surface area contributed by atoms with Gasteiger partial charge in [0.15, 0.2) is 0 Å². The van der Waals surface area contributed by atoms with Gasteiger partial charge in [0.1, 0.15) is 0 Å². The van der Waals surface area contributed by atoms with E-state index in [-0.39, 0.29) is 103 Å². The van der Waals surface area contributed by atoms with Crippen LogP contribution >= 0.6 is 33.8 Å². The van der Waals surface area contributed by atoms with Crippen LogP contribution in [0.2, 0.25) is 0 Å². The van der Waals surface area contributed by atoms with Crippen LogP contribution in [0.15, 0.2) is 4.52 Å². The van der Waals surface area contributed by atoms with Gasteiger partial charge in [0.2, 0.25) is 0 Å². The van der Waals surface area contributed by atoms with E-state index in [9.17, 15) is 0 Å². The Morgan fingerprint density at radius 3 is 2.12 bits per heavy atom. The summed E-state index contributed by atoms with van der Waals surface area (Å²) >= 11 is 0. The maximum absolute atomic E-state index is 5.15. The monoisotopic (exact) mass is 234 g/mol. The topological polar surface area (TPSA) is 38.4 Å². The molecule has 0 fully saturated rings. The zero-order valence-electron chi connectivity index (χ0n) is 4.92. The van der Waals surface area contributed by atoms with E-state index in [0.29, 0.717) is 8.42 Å². The Labute approximate surface area is 142 Å². The van der Waals surface area contributed by atoms with Crippen molar-refractivity contribution in [1.82, 2.24) is 0 Å². The Morgan fingerprint density at radius 1 is 1.50 bits per heavy atom. The zero-order chi connectivity index (χ0) is 4.83. The van der Waals surface area contributed by atoms with E-state index < -0.39 is 0 Å². The molecule has 0 radical (unpaired) electrons. The average Bonchev–Trinajstić information content (AvgIpc) is 1.61. The molecule has 0 amide bonds. The van der Waals surface area contributed by atoms with Crippen LogP contribution in [0, 0.1) is 0 Å². The van der Waals surface area contributed by atoms with Crippen molar-refractivity contribution in [1.29, 1.82) is 0 Å². The first-order chi connectivity index (χ1) is 2.91. The van der Waals surface area contributed by atoms with Gasteiger partial charge in [-0.05, 0) is 0 Å². The standard InChI is InChI=1S/2K.H4N2P4/c;;1-4-6-5-2-3/h;;4,6H,1H2/q2*+1;-2. The Bertz CT molecular complexity index is 41.0. The predicted molar refractivity (Wildman–Crippen MR) is 37.1 cm³/mol. The van der Waals surface area contributed by atoms with E-state index in [1.807, 2.05) is 0 Å². The summed E-state index contributed by atoms with van der Waals surface area (Å²) in [6.45, 7) is 0. The minimum Gasteiger partial charge on any atom is -0.679 e. The molecule has 0 aromatic rings. The molecule has 0 aliphatic carbocycles. The van der Waals surface area contributed by atoms with Crippen molar-refractivity contribution in [2.45, 2.75) is 0 Å². The molecule has 0 aliphatic heterocycles. The molecule has 0 aliphatic rings. The predicted octanol–water partition coefficient (Wildman–Crippen LogP) is -3.49. The molecule has 2 atom stereocenters.